The van der Waals surface area contributed by atoms with Gasteiger partial charge in [-0.25, -0.2) is 4.98 Å². The first-order chi connectivity index (χ1) is 8.13. The van der Waals surface area contributed by atoms with Crippen molar-refractivity contribution >= 4 is 11.3 Å². The summed E-state index contributed by atoms with van der Waals surface area (Å²) in [6.45, 7) is 5.26. The Morgan fingerprint density at radius 3 is 2.76 bits per heavy atom. The molecule has 0 saturated carbocycles. The maximum absolute atomic E-state index is 4.70. The largest absolute Gasteiger partial charge is 0.351 e. The average Bonchev–Trinajstić information content (AvgIpc) is 2.87. The zero-order valence-electron chi connectivity index (χ0n) is 10.9. The number of aryl methyl sites for hydroxylation is 1. The van der Waals surface area contributed by atoms with Crippen molar-refractivity contribution in [1.82, 2.24) is 14.9 Å². The molecule has 0 aliphatic carbocycles. The van der Waals surface area contributed by atoms with Crippen LogP contribution in [0, 0.1) is 13.8 Å². The fraction of sp³-hybridized carbons (Fsp3) is 0.462. The Hall–Kier alpha value is -1.13. The molecule has 4 heteroatoms. The number of thiazole rings is 1. The molecular weight excluding hydrogens is 230 g/mol. The summed E-state index contributed by atoms with van der Waals surface area (Å²) in [4.78, 5) is 4.70. The van der Waals surface area contributed by atoms with Gasteiger partial charge in [0, 0.05) is 42.3 Å². The Morgan fingerprint density at radius 2 is 2.18 bits per heavy atom. The van der Waals surface area contributed by atoms with E-state index >= 15 is 0 Å². The van der Waals surface area contributed by atoms with Crippen molar-refractivity contribution in [2.75, 3.05) is 13.6 Å². The first-order valence-corrected chi connectivity index (χ1v) is 6.73. The third kappa shape index (κ3) is 2.42. The lowest BCUT2D eigenvalue weighted by Crippen LogP contribution is -2.09. The summed E-state index contributed by atoms with van der Waals surface area (Å²) >= 11 is 1.75. The van der Waals surface area contributed by atoms with Gasteiger partial charge in [0.05, 0.1) is 10.7 Å². The summed E-state index contributed by atoms with van der Waals surface area (Å²) in [7, 11) is 4.07. The summed E-state index contributed by atoms with van der Waals surface area (Å²) in [5.41, 5.74) is 4.94. The predicted molar refractivity (Wildman–Crippen MR) is 73.6 cm³/mol. The van der Waals surface area contributed by atoms with Crippen molar-refractivity contribution in [3.05, 3.63) is 27.8 Å². The van der Waals surface area contributed by atoms with Crippen molar-refractivity contribution in [2.24, 2.45) is 7.05 Å². The molecule has 2 heterocycles. The van der Waals surface area contributed by atoms with Gasteiger partial charge in [-0.2, -0.15) is 0 Å². The molecule has 0 aliphatic heterocycles. The van der Waals surface area contributed by atoms with Crippen molar-refractivity contribution in [1.29, 1.82) is 0 Å². The van der Waals surface area contributed by atoms with E-state index < -0.39 is 0 Å². The summed E-state index contributed by atoms with van der Waals surface area (Å²) in [5.74, 6) is 0. The van der Waals surface area contributed by atoms with Crippen LogP contribution in [0.4, 0.5) is 0 Å². The molecule has 1 N–H and O–H groups in total. The van der Waals surface area contributed by atoms with Crippen LogP contribution in [-0.2, 0) is 13.5 Å². The number of likely N-dealkylation sites (N-methyl/N-ethyl adjacent to an activating group) is 1. The number of hydrogen-bond donors (Lipinski definition) is 1. The van der Waals surface area contributed by atoms with E-state index in [-0.39, 0.29) is 0 Å². The summed E-state index contributed by atoms with van der Waals surface area (Å²) in [6.07, 6.45) is 1.01. The van der Waals surface area contributed by atoms with Crippen LogP contribution < -0.4 is 5.32 Å². The van der Waals surface area contributed by atoms with Crippen molar-refractivity contribution in [2.45, 2.75) is 20.3 Å². The third-order valence-corrected chi connectivity index (χ3v) is 4.10. The lowest BCUT2D eigenvalue weighted by molar-refractivity contribution is 0.788. The lowest BCUT2D eigenvalue weighted by Gasteiger charge is -2.00. The highest BCUT2D eigenvalue weighted by atomic mass is 32.1. The second kappa shape index (κ2) is 5.02. The first kappa shape index (κ1) is 12.3. The summed E-state index contributed by atoms with van der Waals surface area (Å²) in [6, 6.07) is 2.21. The molecule has 3 nitrogen and oxygen atoms in total. The smallest absolute Gasteiger partial charge is 0.0945 e. The predicted octanol–water partition coefficient (Wildman–Crippen LogP) is 2.53. The Labute approximate surface area is 107 Å². The number of aromatic nitrogens is 2. The van der Waals surface area contributed by atoms with Gasteiger partial charge >= 0.3 is 0 Å². The van der Waals surface area contributed by atoms with Crippen LogP contribution in [0.15, 0.2) is 11.4 Å². The zero-order valence-corrected chi connectivity index (χ0v) is 11.7. The molecule has 17 heavy (non-hydrogen) atoms. The van der Waals surface area contributed by atoms with Gasteiger partial charge in [0.1, 0.15) is 0 Å². The quantitative estimate of drug-likeness (QED) is 0.902. The van der Waals surface area contributed by atoms with Crippen LogP contribution in [-0.4, -0.2) is 23.1 Å². The molecule has 92 valence electrons. The fourth-order valence-corrected chi connectivity index (χ4v) is 2.69. The number of nitrogens with one attached hydrogen (secondary N) is 1. The van der Waals surface area contributed by atoms with Crippen LogP contribution in [0.2, 0.25) is 0 Å². The Bertz CT molecular complexity index is 511. The number of nitrogens with zero attached hydrogens (tertiary/aromatic N) is 2. The van der Waals surface area contributed by atoms with Gasteiger partial charge in [-0.3, -0.25) is 0 Å². The second-order valence-corrected chi connectivity index (χ2v) is 5.27. The maximum atomic E-state index is 4.70. The van der Waals surface area contributed by atoms with Crippen molar-refractivity contribution in [3.8, 4) is 11.3 Å². The first-order valence-electron chi connectivity index (χ1n) is 5.85. The van der Waals surface area contributed by atoms with E-state index in [2.05, 4.69) is 42.2 Å². The van der Waals surface area contributed by atoms with Crippen molar-refractivity contribution < 1.29 is 0 Å². The standard InChI is InChI=1S/C13H19N3S/c1-9-7-11(10(2)16(9)4)12-8-17-13(15-12)5-6-14-3/h7-8,14H,5-6H2,1-4H3. The topological polar surface area (TPSA) is 29.9 Å². The van der Waals surface area contributed by atoms with Gasteiger partial charge < -0.3 is 9.88 Å². The molecule has 0 bridgehead atoms. The highest BCUT2D eigenvalue weighted by Crippen LogP contribution is 2.27. The average molecular weight is 249 g/mol. The molecule has 0 fully saturated rings. The number of hydrogen-bond acceptors (Lipinski definition) is 3. The summed E-state index contributed by atoms with van der Waals surface area (Å²) in [5, 5.41) is 6.52. The minimum atomic E-state index is 0.986. The molecule has 0 unspecified atom stereocenters. The Kier molecular flexibility index (Phi) is 3.64. The highest BCUT2D eigenvalue weighted by molar-refractivity contribution is 7.09. The van der Waals surface area contributed by atoms with E-state index in [1.54, 1.807) is 11.3 Å². The minimum absolute atomic E-state index is 0.986. The van der Waals surface area contributed by atoms with Crippen LogP contribution in [0.1, 0.15) is 16.4 Å². The van der Waals surface area contributed by atoms with Crippen LogP contribution in [0.3, 0.4) is 0 Å². The zero-order chi connectivity index (χ0) is 12.4. The van der Waals surface area contributed by atoms with Gasteiger partial charge in [-0.05, 0) is 27.0 Å². The van der Waals surface area contributed by atoms with E-state index in [0.29, 0.717) is 0 Å². The van der Waals surface area contributed by atoms with E-state index in [0.717, 1.165) is 18.7 Å². The van der Waals surface area contributed by atoms with Crippen LogP contribution >= 0.6 is 11.3 Å². The number of rotatable bonds is 4. The molecule has 0 atom stereocenters. The normalized spacial score (nSPS) is 11.1. The monoisotopic (exact) mass is 249 g/mol. The van der Waals surface area contributed by atoms with E-state index in [1.807, 2.05) is 7.05 Å². The fourth-order valence-electron chi connectivity index (χ4n) is 1.90. The molecule has 2 aromatic heterocycles. The molecular formula is C13H19N3S. The molecule has 0 aliphatic rings. The van der Waals surface area contributed by atoms with Gasteiger partial charge in [0.15, 0.2) is 0 Å². The summed E-state index contributed by atoms with van der Waals surface area (Å²) < 4.78 is 2.21. The van der Waals surface area contributed by atoms with Crippen molar-refractivity contribution in [3.63, 3.8) is 0 Å². The van der Waals surface area contributed by atoms with Gasteiger partial charge in [-0.15, -0.1) is 11.3 Å². The molecule has 0 aromatic carbocycles. The second-order valence-electron chi connectivity index (χ2n) is 4.32. The van der Waals surface area contributed by atoms with E-state index in [1.165, 1.54) is 22.0 Å². The Balaban J connectivity index is 2.27. The molecule has 0 saturated heterocycles. The Morgan fingerprint density at radius 1 is 1.41 bits per heavy atom. The lowest BCUT2D eigenvalue weighted by atomic mass is 10.2. The van der Waals surface area contributed by atoms with E-state index in [9.17, 15) is 0 Å². The molecule has 2 rings (SSSR count). The van der Waals surface area contributed by atoms with Gasteiger partial charge in [0.25, 0.3) is 0 Å². The molecule has 2 aromatic rings. The van der Waals surface area contributed by atoms with Crippen LogP contribution in [0.5, 0.6) is 0 Å². The maximum Gasteiger partial charge on any atom is 0.0945 e. The van der Waals surface area contributed by atoms with Crippen LogP contribution in [0.25, 0.3) is 11.3 Å². The van der Waals surface area contributed by atoms with E-state index in [4.69, 9.17) is 4.98 Å². The molecule has 0 radical (unpaired) electrons. The SMILES string of the molecule is CNCCc1nc(-c2cc(C)n(C)c2C)cs1. The highest BCUT2D eigenvalue weighted by Gasteiger charge is 2.11. The molecule has 0 spiro atoms. The molecule has 0 amide bonds. The minimum Gasteiger partial charge on any atom is -0.351 e. The van der Waals surface area contributed by atoms with Gasteiger partial charge in [-0.1, -0.05) is 0 Å². The third-order valence-electron chi connectivity index (χ3n) is 3.19. The van der Waals surface area contributed by atoms with Gasteiger partial charge in [0.2, 0.25) is 0 Å².